The number of ether oxygens (including phenoxy) is 3. The molecule has 0 radical (unpaired) electrons. The molecule has 1 aromatic rings. The van der Waals surface area contributed by atoms with Crippen molar-refractivity contribution < 1.29 is 28.6 Å². The Labute approximate surface area is 219 Å². The SMILES string of the molecule is COCCN1CCN(c2ccc(C(=O)NC(CC(C)C)C(=O)N3C[C@@H](OC)[C@H]4OCC(=O)[C@H]43)cc2)CC1. The number of ketones is 1. The molecule has 3 saturated heterocycles. The van der Waals surface area contributed by atoms with Gasteiger partial charge in [-0.15, -0.1) is 0 Å². The molecule has 10 heteroatoms. The van der Waals surface area contributed by atoms with E-state index in [-0.39, 0.29) is 42.8 Å². The number of hydrogen-bond donors (Lipinski definition) is 1. The van der Waals surface area contributed by atoms with Crippen LogP contribution in [0.1, 0.15) is 30.6 Å². The van der Waals surface area contributed by atoms with E-state index in [2.05, 4.69) is 15.1 Å². The van der Waals surface area contributed by atoms with Crippen molar-refractivity contribution in [1.82, 2.24) is 15.1 Å². The van der Waals surface area contributed by atoms with E-state index in [0.29, 0.717) is 12.0 Å². The summed E-state index contributed by atoms with van der Waals surface area (Å²) in [6.45, 7) is 9.72. The molecule has 3 aliphatic rings. The number of amides is 2. The maximum atomic E-state index is 13.6. The van der Waals surface area contributed by atoms with Crippen LogP contribution in [0.3, 0.4) is 0 Å². The van der Waals surface area contributed by atoms with Crippen LogP contribution in [0, 0.1) is 5.92 Å². The van der Waals surface area contributed by atoms with Gasteiger partial charge in [-0.3, -0.25) is 19.3 Å². The van der Waals surface area contributed by atoms with Crippen molar-refractivity contribution in [3.63, 3.8) is 0 Å². The number of fused-ring (bicyclic) bond motifs is 1. The van der Waals surface area contributed by atoms with Crippen LogP contribution in [0.5, 0.6) is 0 Å². The third kappa shape index (κ3) is 6.31. The summed E-state index contributed by atoms with van der Waals surface area (Å²) < 4.78 is 16.3. The molecular weight excluding hydrogens is 476 g/mol. The minimum absolute atomic E-state index is 0.0191. The van der Waals surface area contributed by atoms with E-state index in [0.717, 1.165) is 45.0 Å². The van der Waals surface area contributed by atoms with E-state index in [1.54, 1.807) is 26.4 Å². The molecule has 3 fully saturated rings. The van der Waals surface area contributed by atoms with E-state index in [4.69, 9.17) is 14.2 Å². The topological polar surface area (TPSA) is 101 Å². The van der Waals surface area contributed by atoms with E-state index >= 15 is 0 Å². The Balaban J connectivity index is 1.39. The monoisotopic (exact) mass is 516 g/mol. The number of carbonyl (C=O) groups excluding carboxylic acids is 3. The minimum atomic E-state index is -0.739. The van der Waals surface area contributed by atoms with Crippen LogP contribution in [-0.4, -0.2) is 118 Å². The zero-order chi connectivity index (χ0) is 26.5. The lowest BCUT2D eigenvalue weighted by Crippen LogP contribution is -2.52. The smallest absolute Gasteiger partial charge is 0.251 e. The number of hydrogen-bond acceptors (Lipinski definition) is 8. The third-order valence-corrected chi connectivity index (χ3v) is 7.51. The van der Waals surface area contributed by atoms with Gasteiger partial charge in [-0.1, -0.05) is 13.8 Å². The van der Waals surface area contributed by atoms with Gasteiger partial charge in [-0.05, 0) is 36.6 Å². The van der Waals surface area contributed by atoms with E-state index in [1.165, 1.54) is 4.90 Å². The average molecular weight is 517 g/mol. The van der Waals surface area contributed by atoms with E-state index < -0.39 is 18.2 Å². The highest BCUT2D eigenvalue weighted by Gasteiger charge is 2.53. The molecule has 4 rings (SSSR count). The number of rotatable bonds is 10. The van der Waals surface area contributed by atoms with Crippen LogP contribution in [0.2, 0.25) is 0 Å². The Kier molecular flexibility index (Phi) is 9.17. The van der Waals surface area contributed by atoms with Gasteiger partial charge in [-0.2, -0.15) is 0 Å². The first kappa shape index (κ1) is 27.5. The molecule has 1 unspecified atom stereocenters. The molecule has 0 saturated carbocycles. The van der Waals surface area contributed by atoms with Crippen molar-refractivity contribution in [3.8, 4) is 0 Å². The zero-order valence-electron chi connectivity index (χ0n) is 22.4. The predicted molar refractivity (Wildman–Crippen MR) is 139 cm³/mol. The summed E-state index contributed by atoms with van der Waals surface area (Å²) in [5.41, 5.74) is 1.57. The third-order valence-electron chi connectivity index (χ3n) is 7.51. The molecule has 204 valence electrons. The molecule has 0 aliphatic carbocycles. The average Bonchev–Trinajstić information content (AvgIpc) is 3.47. The van der Waals surface area contributed by atoms with Crippen molar-refractivity contribution in [2.45, 2.75) is 44.6 Å². The molecule has 2 amide bonds. The minimum Gasteiger partial charge on any atom is -0.383 e. The van der Waals surface area contributed by atoms with Gasteiger partial charge in [0.05, 0.1) is 13.2 Å². The first-order valence-electron chi connectivity index (χ1n) is 13.2. The molecular formula is C27H40N4O6. The van der Waals surface area contributed by atoms with Crippen LogP contribution in [0.4, 0.5) is 5.69 Å². The first-order valence-corrected chi connectivity index (χ1v) is 13.2. The lowest BCUT2D eigenvalue weighted by Gasteiger charge is -2.36. The van der Waals surface area contributed by atoms with Crippen LogP contribution < -0.4 is 10.2 Å². The molecule has 0 bridgehead atoms. The maximum Gasteiger partial charge on any atom is 0.251 e. The van der Waals surface area contributed by atoms with Gasteiger partial charge >= 0.3 is 0 Å². The summed E-state index contributed by atoms with van der Waals surface area (Å²) in [7, 11) is 3.28. The molecule has 4 atom stereocenters. The molecule has 1 aromatic carbocycles. The van der Waals surface area contributed by atoms with Crippen molar-refractivity contribution in [2.24, 2.45) is 5.92 Å². The van der Waals surface area contributed by atoms with E-state index in [9.17, 15) is 14.4 Å². The fraction of sp³-hybridized carbons (Fsp3) is 0.667. The number of piperazine rings is 1. The fourth-order valence-corrected chi connectivity index (χ4v) is 5.46. The van der Waals surface area contributed by atoms with E-state index in [1.807, 2.05) is 26.0 Å². The second kappa shape index (κ2) is 12.3. The van der Waals surface area contributed by atoms with Crippen LogP contribution in [0.15, 0.2) is 24.3 Å². The highest BCUT2D eigenvalue weighted by molar-refractivity contribution is 5.99. The summed E-state index contributed by atoms with van der Waals surface area (Å²) >= 11 is 0. The standard InChI is InChI=1S/C27H40N4O6/c1-18(2)15-21(27(34)31-16-23(36-4)25-24(31)22(32)17-37-25)28-26(33)19-5-7-20(8-6-19)30-11-9-29(10-12-30)13-14-35-3/h5-8,18,21,23-25H,9-17H2,1-4H3,(H,28,33)/t21?,23-,24-,25-/m1/s1. The summed E-state index contributed by atoms with van der Waals surface area (Å²) in [6, 6.07) is 6.14. The van der Waals surface area contributed by atoms with Gasteiger partial charge < -0.3 is 29.3 Å². The predicted octanol–water partition coefficient (Wildman–Crippen LogP) is 0.793. The molecule has 0 spiro atoms. The number of benzene rings is 1. The van der Waals surface area contributed by atoms with Crippen molar-refractivity contribution >= 4 is 23.3 Å². The number of Topliss-reactive ketones (excluding diaryl/α,β-unsaturated/α-hetero) is 1. The summed E-state index contributed by atoms with van der Waals surface area (Å²) in [6.07, 6.45) is -0.340. The van der Waals surface area contributed by atoms with Crippen LogP contribution in [0.25, 0.3) is 0 Å². The largest absolute Gasteiger partial charge is 0.383 e. The van der Waals surface area contributed by atoms with Crippen molar-refractivity contribution in [1.29, 1.82) is 0 Å². The van der Waals surface area contributed by atoms with Gasteiger partial charge in [0.25, 0.3) is 5.91 Å². The zero-order valence-corrected chi connectivity index (χ0v) is 22.4. The normalized spacial score (nSPS) is 25.0. The number of methoxy groups -OCH3 is 2. The highest BCUT2D eigenvalue weighted by Crippen LogP contribution is 2.30. The molecule has 1 N–H and O–H groups in total. The van der Waals surface area contributed by atoms with Gasteiger partial charge in [0.1, 0.15) is 30.9 Å². The van der Waals surface area contributed by atoms with Crippen LogP contribution >= 0.6 is 0 Å². The Morgan fingerprint density at radius 2 is 1.81 bits per heavy atom. The molecule has 0 aromatic heterocycles. The number of nitrogens with one attached hydrogen (secondary N) is 1. The number of likely N-dealkylation sites (tertiary alicyclic amines) is 1. The molecule has 37 heavy (non-hydrogen) atoms. The van der Waals surface area contributed by atoms with Crippen molar-refractivity contribution in [2.75, 3.05) is 71.6 Å². The van der Waals surface area contributed by atoms with Gasteiger partial charge in [-0.25, -0.2) is 0 Å². The second-order valence-electron chi connectivity index (χ2n) is 10.5. The highest BCUT2D eigenvalue weighted by atomic mass is 16.5. The van der Waals surface area contributed by atoms with Crippen molar-refractivity contribution in [3.05, 3.63) is 29.8 Å². The summed E-state index contributed by atoms with van der Waals surface area (Å²) in [5, 5.41) is 2.94. The van der Waals surface area contributed by atoms with Gasteiger partial charge in [0, 0.05) is 58.2 Å². The fourth-order valence-electron chi connectivity index (χ4n) is 5.46. The Morgan fingerprint density at radius 3 is 2.43 bits per heavy atom. The Bertz CT molecular complexity index is 947. The van der Waals surface area contributed by atoms with Gasteiger partial charge in [0.2, 0.25) is 5.91 Å². The first-order chi connectivity index (χ1) is 17.8. The maximum absolute atomic E-state index is 13.6. The summed E-state index contributed by atoms with van der Waals surface area (Å²) in [4.78, 5) is 45.5. The molecule has 3 aliphatic heterocycles. The number of nitrogens with zero attached hydrogens (tertiary/aromatic N) is 3. The molecule has 3 heterocycles. The second-order valence-corrected chi connectivity index (χ2v) is 10.5. The lowest BCUT2D eigenvalue weighted by atomic mass is 10.0. The lowest BCUT2D eigenvalue weighted by molar-refractivity contribution is -0.138. The molecule has 10 nitrogen and oxygen atoms in total. The number of anilines is 1. The van der Waals surface area contributed by atoms with Crippen LogP contribution in [-0.2, 0) is 23.8 Å². The Morgan fingerprint density at radius 1 is 1.11 bits per heavy atom. The quantitative estimate of drug-likeness (QED) is 0.487. The summed E-state index contributed by atoms with van der Waals surface area (Å²) in [5.74, 6) is -0.518. The Hall–Kier alpha value is -2.53. The van der Waals surface area contributed by atoms with Gasteiger partial charge in [0.15, 0.2) is 5.78 Å². The number of carbonyl (C=O) groups is 3.